The van der Waals surface area contributed by atoms with E-state index in [-0.39, 0.29) is 0 Å². The van der Waals surface area contributed by atoms with Crippen molar-refractivity contribution in [1.29, 1.82) is 0 Å². The number of aliphatic imine (C=N–C) groups is 1. The molecule has 106 valence electrons. The SMILES string of the molecule is CC[Si](CC)(CC)C(C)=NC1CCCCCCC1. The Labute approximate surface area is 115 Å². The van der Waals surface area contributed by atoms with E-state index >= 15 is 0 Å². The summed E-state index contributed by atoms with van der Waals surface area (Å²) >= 11 is 0. The van der Waals surface area contributed by atoms with Gasteiger partial charge in [0.25, 0.3) is 0 Å². The van der Waals surface area contributed by atoms with E-state index in [0.717, 1.165) is 0 Å². The minimum atomic E-state index is -1.18. The van der Waals surface area contributed by atoms with Gasteiger partial charge in [-0.1, -0.05) is 71.0 Å². The molecule has 0 radical (unpaired) electrons. The van der Waals surface area contributed by atoms with Crippen LogP contribution in [0.3, 0.4) is 0 Å². The highest BCUT2D eigenvalue weighted by Crippen LogP contribution is 2.25. The number of rotatable bonds is 5. The molecule has 2 heteroatoms. The molecule has 0 amide bonds. The minimum absolute atomic E-state index is 0.654. The van der Waals surface area contributed by atoms with Gasteiger partial charge in [0.05, 0.1) is 0 Å². The van der Waals surface area contributed by atoms with E-state index in [1.54, 1.807) is 5.33 Å². The third kappa shape index (κ3) is 4.22. The van der Waals surface area contributed by atoms with Crippen molar-refractivity contribution in [3.05, 3.63) is 0 Å². The second kappa shape index (κ2) is 8.14. The van der Waals surface area contributed by atoms with Gasteiger partial charge in [0.1, 0.15) is 8.07 Å². The molecule has 1 saturated carbocycles. The lowest BCUT2D eigenvalue weighted by molar-refractivity contribution is 0.455. The van der Waals surface area contributed by atoms with Crippen LogP contribution in [0, 0.1) is 0 Å². The Morgan fingerprint density at radius 2 is 1.33 bits per heavy atom. The van der Waals surface area contributed by atoms with Crippen LogP contribution in [0.1, 0.15) is 72.6 Å². The van der Waals surface area contributed by atoms with Gasteiger partial charge in [-0.15, -0.1) is 0 Å². The standard InChI is InChI=1S/C16H33NSi/c1-5-18(6-2,7-3)15(4)17-16-13-11-9-8-10-12-14-16/h16H,5-14H2,1-4H3. The zero-order chi connectivity index (χ0) is 13.4. The fourth-order valence-electron chi connectivity index (χ4n) is 3.49. The largest absolute Gasteiger partial charge is 0.296 e. The lowest BCUT2D eigenvalue weighted by Crippen LogP contribution is -2.41. The Kier molecular flexibility index (Phi) is 7.21. The predicted octanol–water partition coefficient (Wildman–Crippen LogP) is 5.61. The lowest BCUT2D eigenvalue weighted by atomic mass is 9.97. The van der Waals surface area contributed by atoms with Crippen LogP contribution in [0.25, 0.3) is 0 Å². The molecular weight excluding hydrogens is 234 g/mol. The van der Waals surface area contributed by atoms with Crippen LogP contribution >= 0.6 is 0 Å². The summed E-state index contributed by atoms with van der Waals surface area (Å²) in [4.78, 5) is 5.20. The molecule has 0 atom stereocenters. The lowest BCUT2D eigenvalue weighted by Gasteiger charge is -2.29. The first-order chi connectivity index (χ1) is 8.68. The molecule has 0 aromatic heterocycles. The molecule has 0 spiro atoms. The van der Waals surface area contributed by atoms with Crippen LogP contribution in [0.15, 0.2) is 4.99 Å². The molecule has 0 bridgehead atoms. The van der Waals surface area contributed by atoms with Gasteiger partial charge in [-0.25, -0.2) is 0 Å². The van der Waals surface area contributed by atoms with E-state index < -0.39 is 8.07 Å². The molecule has 1 aliphatic carbocycles. The Morgan fingerprint density at radius 1 is 0.889 bits per heavy atom. The highest BCUT2D eigenvalue weighted by atomic mass is 28.3. The maximum Gasteiger partial charge on any atom is 0.103 e. The molecule has 0 saturated heterocycles. The second-order valence-electron chi connectivity index (χ2n) is 6.05. The van der Waals surface area contributed by atoms with E-state index in [2.05, 4.69) is 27.7 Å². The molecule has 0 aliphatic heterocycles. The Hall–Kier alpha value is -0.113. The van der Waals surface area contributed by atoms with Crippen molar-refractivity contribution >= 4 is 13.4 Å². The van der Waals surface area contributed by atoms with E-state index in [1.165, 1.54) is 63.1 Å². The maximum atomic E-state index is 5.20. The monoisotopic (exact) mass is 267 g/mol. The zero-order valence-corrected chi connectivity index (χ0v) is 14.1. The summed E-state index contributed by atoms with van der Waals surface area (Å²) in [5.74, 6) is 0. The minimum Gasteiger partial charge on any atom is -0.296 e. The van der Waals surface area contributed by atoms with Gasteiger partial charge in [-0.2, -0.15) is 0 Å². The van der Waals surface area contributed by atoms with Crippen molar-refractivity contribution in [2.75, 3.05) is 0 Å². The fraction of sp³-hybridized carbons (Fsp3) is 0.938. The number of hydrogen-bond acceptors (Lipinski definition) is 1. The molecule has 0 heterocycles. The topological polar surface area (TPSA) is 12.4 Å². The molecule has 18 heavy (non-hydrogen) atoms. The van der Waals surface area contributed by atoms with Gasteiger partial charge in [0, 0.05) is 6.04 Å². The highest BCUT2D eigenvalue weighted by Gasteiger charge is 2.30. The molecule has 0 unspecified atom stereocenters. The van der Waals surface area contributed by atoms with Crippen LogP contribution in [0.2, 0.25) is 18.1 Å². The summed E-state index contributed by atoms with van der Waals surface area (Å²) in [5, 5.41) is 1.57. The van der Waals surface area contributed by atoms with Crippen molar-refractivity contribution in [3.63, 3.8) is 0 Å². The Bertz CT molecular complexity index is 240. The average molecular weight is 268 g/mol. The first kappa shape index (κ1) is 15.9. The first-order valence-electron chi connectivity index (χ1n) is 8.23. The van der Waals surface area contributed by atoms with Crippen LogP contribution in [0.4, 0.5) is 0 Å². The van der Waals surface area contributed by atoms with Crippen LogP contribution in [-0.4, -0.2) is 19.5 Å². The van der Waals surface area contributed by atoms with Gasteiger partial charge in [-0.3, -0.25) is 4.99 Å². The molecule has 0 aromatic rings. The third-order valence-corrected chi connectivity index (χ3v) is 11.0. The van der Waals surface area contributed by atoms with Crippen molar-refractivity contribution in [3.8, 4) is 0 Å². The van der Waals surface area contributed by atoms with Crippen LogP contribution < -0.4 is 0 Å². The number of hydrogen-bond donors (Lipinski definition) is 0. The molecule has 1 rings (SSSR count). The van der Waals surface area contributed by atoms with E-state index in [0.29, 0.717) is 6.04 Å². The summed E-state index contributed by atoms with van der Waals surface area (Å²) in [5.41, 5.74) is 0. The third-order valence-electron chi connectivity index (χ3n) is 5.25. The normalized spacial score (nSPS) is 20.6. The average Bonchev–Trinajstić information content (AvgIpc) is 2.35. The summed E-state index contributed by atoms with van der Waals surface area (Å²) in [6.45, 7) is 9.50. The van der Waals surface area contributed by atoms with Crippen molar-refractivity contribution < 1.29 is 0 Å². The molecule has 1 nitrogen and oxygen atoms in total. The van der Waals surface area contributed by atoms with Crippen molar-refractivity contribution in [2.45, 2.75) is 96.8 Å². The highest BCUT2D eigenvalue weighted by molar-refractivity contribution is 7.06. The molecule has 1 fully saturated rings. The number of nitrogens with zero attached hydrogens (tertiary/aromatic N) is 1. The summed E-state index contributed by atoms with van der Waals surface area (Å²) in [6.07, 6.45) is 9.82. The predicted molar refractivity (Wildman–Crippen MR) is 86.4 cm³/mol. The summed E-state index contributed by atoms with van der Waals surface area (Å²) < 4.78 is 0. The molecular formula is C16H33NSi. The van der Waals surface area contributed by atoms with Gasteiger partial charge < -0.3 is 0 Å². The van der Waals surface area contributed by atoms with Gasteiger partial charge in [0.15, 0.2) is 0 Å². The maximum absolute atomic E-state index is 5.20. The van der Waals surface area contributed by atoms with Crippen LogP contribution in [0.5, 0.6) is 0 Å². The molecule has 0 N–H and O–H groups in total. The first-order valence-corrected chi connectivity index (χ1v) is 10.9. The second-order valence-corrected chi connectivity index (χ2v) is 11.5. The Morgan fingerprint density at radius 3 is 1.78 bits per heavy atom. The van der Waals surface area contributed by atoms with Crippen LogP contribution in [-0.2, 0) is 0 Å². The molecule has 1 aliphatic rings. The summed E-state index contributed by atoms with van der Waals surface area (Å²) in [6, 6.07) is 4.79. The van der Waals surface area contributed by atoms with E-state index in [1.807, 2.05) is 0 Å². The van der Waals surface area contributed by atoms with E-state index in [4.69, 9.17) is 4.99 Å². The smallest absolute Gasteiger partial charge is 0.103 e. The van der Waals surface area contributed by atoms with Gasteiger partial charge in [0.2, 0.25) is 0 Å². The van der Waals surface area contributed by atoms with Crippen molar-refractivity contribution in [1.82, 2.24) is 0 Å². The van der Waals surface area contributed by atoms with Crippen molar-refractivity contribution in [2.24, 2.45) is 4.99 Å². The van der Waals surface area contributed by atoms with E-state index in [9.17, 15) is 0 Å². The molecule has 0 aromatic carbocycles. The quantitative estimate of drug-likeness (QED) is 0.453. The zero-order valence-electron chi connectivity index (χ0n) is 13.1. The summed E-state index contributed by atoms with van der Waals surface area (Å²) in [7, 11) is -1.18. The van der Waals surface area contributed by atoms with Gasteiger partial charge >= 0.3 is 0 Å². The fourth-order valence-corrected chi connectivity index (χ4v) is 6.98. The Balaban J connectivity index is 2.71. The van der Waals surface area contributed by atoms with Gasteiger partial charge in [-0.05, 0) is 25.1 Å².